The molecule has 0 radical (unpaired) electrons. The number of methoxy groups -OCH3 is 1. The highest BCUT2D eigenvalue weighted by atomic mass is 35.5. The van der Waals surface area contributed by atoms with Crippen LogP contribution in [0.25, 0.3) is 6.08 Å². The number of ether oxygens (including phenoxy) is 3. The van der Waals surface area contributed by atoms with Gasteiger partial charge in [0.2, 0.25) is 6.79 Å². The number of carbonyl (C=O) groups is 2. The SMILES string of the molecule is COc1ccc([N+](=O)[O-])cc1/C=C1/SC(=O)N(Cc2cc3c(cc2Cl)OCO3)C1=O. The minimum Gasteiger partial charge on any atom is -0.496 e. The largest absolute Gasteiger partial charge is 0.496 e. The molecule has 0 saturated carbocycles. The number of nitrogens with zero attached hydrogens (tertiary/aromatic N) is 2. The van der Waals surface area contributed by atoms with E-state index in [1.807, 2.05) is 0 Å². The second-order valence-corrected chi connectivity index (χ2v) is 7.65. The molecule has 2 aromatic carbocycles. The molecule has 1 saturated heterocycles. The summed E-state index contributed by atoms with van der Waals surface area (Å²) in [5, 5.41) is 10.9. The Hall–Kier alpha value is -3.24. The Balaban J connectivity index is 1.62. The van der Waals surface area contributed by atoms with E-state index < -0.39 is 16.1 Å². The van der Waals surface area contributed by atoms with Crippen LogP contribution in [0.15, 0.2) is 35.2 Å². The second-order valence-electron chi connectivity index (χ2n) is 6.25. The fourth-order valence-electron chi connectivity index (χ4n) is 2.98. The van der Waals surface area contributed by atoms with Gasteiger partial charge < -0.3 is 14.2 Å². The number of amides is 2. The van der Waals surface area contributed by atoms with Gasteiger partial charge in [-0.25, -0.2) is 0 Å². The Kier molecular flexibility index (Phi) is 5.27. The maximum absolute atomic E-state index is 12.8. The van der Waals surface area contributed by atoms with Crippen molar-refractivity contribution in [2.45, 2.75) is 6.54 Å². The highest BCUT2D eigenvalue weighted by Crippen LogP contribution is 2.40. The molecule has 0 aromatic heterocycles. The van der Waals surface area contributed by atoms with Crippen LogP contribution in [-0.4, -0.2) is 34.9 Å². The summed E-state index contributed by atoms with van der Waals surface area (Å²) in [7, 11) is 1.41. The zero-order chi connectivity index (χ0) is 21.4. The number of rotatable bonds is 5. The van der Waals surface area contributed by atoms with Crippen LogP contribution in [0.4, 0.5) is 10.5 Å². The number of halogens is 1. The average molecular weight is 449 g/mol. The monoisotopic (exact) mass is 448 g/mol. The van der Waals surface area contributed by atoms with Crippen LogP contribution < -0.4 is 14.2 Å². The van der Waals surface area contributed by atoms with Gasteiger partial charge >= 0.3 is 0 Å². The molecule has 2 aromatic rings. The maximum Gasteiger partial charge on any atom is 0.293 e. The van der Waals surface area contributed by atoms with Crippen LogP contribution in [0.5, 0.6) is 17.2 Å². The summed E-state index contributed by atoms with van der Waals surface area (Å²) in [4.78, 5) is 37.0. The van der Waals surface area contributed by atoms with E-state index in [1.165, 1.54) is 31.4 Å². The predicted octanol–water partition coefficient (Wildman–Crippen LogP) is 4.22. The first-order chi connectivity index (χ1) is 14.4. The Morgan fingerprint density at radius 3 is 2.70 bits per heavy atom. The first-order valence-corrected chi connectivity index (χ1v) is 9.72. The molecule has 0 bridgehead atoms. The first kappa shape index (κ1) is 20.0. The molecule has 9 nitrogen and oxygen atoms in total. The van der Waals surface area contributed by atoms with Crippen LogP contribution in [-0.2, 0) is 11.3 Å². The lowest BCUT2D eigenvalue weighted by molar-refractivity contribution is -0.384. The quantitative estimate of drug-likeness (QED) is 0.380. The van der Waals surface area contributed by atoms with E-state index in [-0.39, 0.29) is 23.9 Å². The number of fused-ring (bicyclic) bond motifs is 1. The van der Waals surface area contributed by atoms with Crippen molar-refractivity contribution in [3.05, 3.63) is 61.5 Å². The third-order valence-corrected chi connectivity index (χ3v) is 5.71. The Morgan fingerprint density at radius 1 is 1.27 bits per heavy atom. The molecule has 0 N–H and O–H groups in total. The molecule has 11 heteroatoms. The summed E-state index contributed by atoms with van der Waals surface area (Å²) in [5.41, 5.74) is 0.684. The third-order valence-electron chi connectivity index (χ3n) is 4.45. The van der Waals surface area contributed by atoms with Crippen LogP contribution in [0.2, 0.25) is 5.02 Å². The molecule has 0 aliphatic carbocycles. The molecular weight excluding hydrogens is 436 g/mol. The number of imide groups is 1. The summed E-state index contributed by atoms with van der Waals surface area (Å²) in [6.45, 7) is 0.0219. The van der Waals surface area contributed by atoms with E-state index in [0.717, 1.165) is 16.7 Å². The number of hydrogen-bond donors (Lipinski definition) is 0. The van der Waals surface area contributed by atoms with Gasteiger partial charge in [0.05, 0.1) is 23.5 Å². The molecule has 0 atom stereocenters. The molecule has 154 valence electrons. The topological polar surface area (TPSA) is 108 Å². The van der Waals surface area contributed by atoms with Crippen molar-refractivity contribution in [3.8, 4) is 17.2 Å². The molecule has 2 amide bonds. The van der Waals surface area contributed by atoms with E-state index >= 15 is 0 Å². The first-order valence-electron chi connectivity index (χ1n) is 8.53. The van der Waals surface area contributed by atoms with Crippen molar-refractivity contribution in [3.63, 3.8) is 0 Å². The van der Waals surface area contributed by atoms with E-state index in [9.17, 15) is 19.7 Å². The Bertz CT molecular complexity index is 1120. The predicted molar refractivity (Wildman–Crippen MR) is 109 cm³/mol. The van der Waals surface area contributed by atoms with Gasteiger partial charge in [-0.2, -0.15) is 0 Å². The molecule has 4 rings (SSSR count). The summed E-state index contributed by atoms with van der Waals surface area (Å²) in [6, 6.07) is 7.20. The molecule has 30 heavy (non-hydrogen) atoms. The van der Waals surface area contributed by atoms with Crippen LogP contribution >= 0.6 is 23.4 Å². The average Bonchev–Trinajstić information content (AvgIpc) is 3.27. The molecular formula is C19H13ClN2O7S. The zero-order valence-electron chi connectivity index (χ0n) is 15.4. The standard InChI is InChI=1S/C19H13ClN2O7S/c1-27-14-3-2-12(22(25)26)4-10(14)6-17-18(23)21(19(24)30-17)8-11-5-15-16(7-13(11)20)29-9-28-15/h2-7H,8-9H2,1H3/b17-6+. The normalized spacial score (nSPS) is 16.5. The van der Waals surface area contributed by atoms with Crippen molar-refractivity contribution in [2.75, 3.05) is 13.9 Å². The van der Waals surface area contributed by atoms with Gasteiger partial charge in [0.25, 0.3) is 16.8 Å². The third kappa shape index (κ3) is 3.66. The van der Waals surface area contributed by atoms with Crippen LogP contribution in [0, 0.1) is 10.1 Å². The van der Waals surface area contributed by atoms with Crippen LogP contribution in [0.3, 0.4) is 0 Å². The van der Waals surface area contributed by atoms with Gasteiger partial charge in [-0.15, -0.1) is 0 Å². The minimum atomic E-state index is -0.551. The van der Waals surface area contributed by atoms with E-state index in [0.29, 0.717) is 33.4 Å². The number of non-ortho nitro benzene ring substituents is 1. The molecule has 2 aliphatic heterocycles. The molecule has 1 fully saturated rings. The Morgan fingerprint density at radius 2 is 2.00 bits per heavy atom. The number of nitro groups is 1. The van der Waals surface area contributed by atoms with Gasteiger partial charge in [-0.05, 0) is 35.5 Å². The van der Waals surface area contributed by atoms with Gasteiger partial charge in [0.1, 0.15) is 5.75 Å². The highest BCUT2D eigenvalue weighted by molar-refractivity contribution is 8.18. The molecule has 2 aliphatic rings. The molecule has 2 heterocycles. The summed E-state index contributed by atoms with van der Waals surface area (Å²) in [5.74, 6) is 0.785. The zero-order valence-corrected chi connectivity index (χ0v) is 17.0. The summed E-state index contributed by atoms with van der Waals surface area (Å²) >= 11 is 6.98. The second kappa shape index (κ2) is 7.88. The van der Waals surface area contributed by atoms with Crippen molar-refractivity contribution >= 4 is 46.3 Å². The lowest BCUT2D eigenvalue weighted by atomic mass is 10.1. The maximum atomic E-state index is 12.8. The van der Waals surface area contributed by atoms with Crippen molar-refractivity contribution in [1.82, 2.24) is 4.90 Å². The van der Waals surface area contributed by atoms with Crippen LogP contribution in [0.1, 0.15) is 11.1 Å². The Labute approximate surface area is 179 Å². The van der Waals surface area contributed by atoms with E-state index in [2.05, 4.69) is 0 Å². The lowest BCUT2D eigenvalue weighted by Crippen LogP contribution is -2.27. The van der Waals surface area contributed by atoms with Gasteiger partial charge in [0, 0.05) is 28.8 Å². The number of hydrogen-bond acceptors (Lipinski definition) is 8. The highest BCUT2D eigenvalue weighted by Gasteiger charge is 2.36. The van der Waals surface area contributed by atoms with Gasteiger partial charge in [-0.1, -0.05) is 11.6 Å². The van der Waals surface area contributed by atoms with Gasteiger partial charge in [0.15, 0.2) is 11.5 Å². The van der Waals surface area contributed by atoms with Gasteiger partial charge in [-0.3, -0.25) is 24.6 Å². The fraction of sp³-hybridized carbons (Fsp3) is 0.158. The molecule has 0 unspecified atom stereocenters. The van der Waals surface area contributed by atoms with E-state index in [1.54, 1.807) is 12.1 Å². The summed E-state index contributed by atoms with van der Waals surface area (Å²) < 4.78 is 15.8. The lowest BCUT2D eigenvalue weighted by Gasteiger charge is -2.14. The fourth-order valence-corrected chi connectivity index (χ4v) is 4.02. The molecule has 0 spiro atoms. The smallest absolute Gasteiger partial charge is 0.293 e. The van der Waals surface area contributed by atoms with Crippen molar-refractivity contribution in [1.29, 1.82) is 0 Å². The summed E-state index contributed by atoms with van der Waals surface area (Å²) in [6.07, 6.45) is 1.40. The number of carbonyl (C=O) groups excluding carboxylic acids is 2. The number of nitro benzene ring substituents is 1. The van der Waals surface area contributed by atoms with E-state index in [4.69, 9.17) is 25.8 Å². The minimum absolute atomic E-state index is 0.0520. The van der Waals surface area contributed by atoms with Crippen molar-refractivity contribution in [2.24, 2.45) is 0 Å². The number of thioether (sulfide) groups is 1. The number of benzene rings is 2. The van der Waals surface area contributed by atoms with Crippen molar-refractivity contribution < 1.29 is 28.7 Å².